The minimum absolute atomic E-state index is 0.220. The van der Waals surface area contributed by atoms with Gasteiger partial charge in [-0.1, -0.05) is 18.2 Å². The number of benzene rings is 1. The van der Waals surface area contributed by atoms with Gasteiger partial charge in [0.15, 0.2) is 5.76 Å². The molecule has 0 saturated carbocycles. The maximum atomic E-state index is 11.8. The van der Waals surface area contributed by atoms with Crippen molar-refractivity contribution in [1.29, 1.82) is 0 Å². The van der Waals surface area contributed by atoms with Gasteiger partial charge in [0, 0.05) is 36.6 Å². The van der Waals surface area contributed by atoms with Crippen molar-refractivity contribution >= 4 is 22.8 Å². The summed E-state index contributed by atoms with van der Waals surface area (Å²) in [5, 5.41) is 13.3. The third-order valence-electron chi connectivity index (χ3n) is 4.86. The molecule has 134 valence electrons. The largest absolute Gasteiger partial charge is 0.480 e. The van der Waals surface area contributed by atoms with Gasteiger partial charge < -0.3 is 19.8 Å². The predicted octanol–water partition coefficient (Wildman–Crippen LogP) is 2.13. The highest BCUT2D eigenvalue weighted by Gasteiger charge is 2.34. The minimum atomic E-state index is -0.862. The van der Waals surface area contributed by atoms with E-state index in [9.17, 15) is 14.7 Å². The zero-order valence-electron chi connectivity index (χ0n) is 14.3. The van der Waals surface area contributed by atoms with E-state index in [1.54, 1.807) is 12.1 Å². The van der Waals surface area contributed by atoms with E-state index in [-0.39, 0.29) is 11.7 Å². The van der Waals surface area contributed by atoms with Crippen LogP contribution in [0, 0.1) is 0 Å². The second-order valence-corrected chi connectivity index (χ2v) is 6.44. The Morgan fingerprint density at radius 2 is 2.12 bits per heavy atom. The first-order chi connectivity index (χ1) is 12.6. The van der Waals surface area contributed by atoms with Crippen LogP contribution in [-0.2, 0) is 24.3 Å². The highest BCUT2D eigenvalue weighted by atomic mass is 16.4. The van der Waals surface area contributed by atoms with Crippen LogP contribution in [0.1, 0.15) is 27.6 Å². The number of rotatable bonds is 4. The molecule has 3 aromatic rings. The number of nitrogens with zero attached hydrogens (tertiary/aromatic N) is 1. The molecule has 0 aliphatic carbocycles. The SMILES string of the molecule is CNC(=O)c1ccc(CN2Cc3[nH]c4ccccc4c3C[C@H]2C(=O)O)o1. The molecule has 0 saturated heterocycles. The number of furan rings is 1. The van der Waals surface area contributed by atoms with Crippen molar-refractivity contribution in [1.82, 2.24) is 15.2 Å². The molecule has 26 heavy (non-hydrogen) atoms. The summed E-state index contributed by atoms with van der Waals surface area (Å²) >= 11 is 0. The van der Waals surface area contributed by atoms with Gasteiger partial charge in [-0.2, -0.15) is 0 Å². The van der Waals surface area contributed by atoms with Gasteiger partial charge in [0.25, 0.3) is 5.91 Å². The summed E-state index contributed by atoms with van der Waals surface area (Å²) in [6, 6.07) is 10.6. The molecule has 1 aliphatic heterocycles. The van der Waals surface area contributed by atoms with Gasteiger partial charge in [0.1, 0.15) is 11.8 Å². The number of carboxylic acids is 1. The number of fused-ring (bicyclic) bond motifs is 3. The molecular formula is C19H19N3O4. The van der Waals surface area contributed by atoms with E-state index >= 15 is 0 Å². The summed E-state index contributed by atoms with van der Waals surface area (Å²) < 4.78 is 5.56. The Morgan fingerprint density at radius 1 is 1.31 bits per heavy atom. The summed E-state index contributed by atoms with van der Waals surface area (Å²) in [6.07, 6.45) is 0.428. The van der Waals surface area contributed by atoms with E-state index in [1.165, 1.54) is 7.05 Å². The van der Waals surface area contributed by atoms with E-state index in [4.69, 9.17) is 4.42 Å². The number of H-pyrrole nitrogens is 1. The topological polar surface area (TPSA) is 98.6 Å². The van der Waals surface area contributed by atoms with Gasteiger partial charge in [0.2, 0.25) is 0 Å². The number of para-hydroxylation sites is 1. The molecule has 1 amide bonds. The predicted molar refractivity (Wildman–Crippen MR) is 94.8 cm³/mol. The van der Waals surface area contributed by atoms with E-state index in [0.717, 1.165) is 22.2 Å². The number of carboxylic acid groups (broad SMARTS) is 1. The zero-order chi connectivity index (χ0) is 18.3. The Balaban J connectivity index is 1.64. The summed E-state index contributed by atoms with van der Waals surface area (Å²) in [5.74, 6) is -0.381. The second kappa shape index (κ2) is 6.34. The maximum absolute atomic E-state index is 11.8. The first-order valence-corrected chi connectivity index (χ1v) is 8.43. The normalized spacial score (nSPS) is 17.2. The molecule has 7 nitrogen and oxygen atoms in total. The minimum Gasteiger partial charge on any atom is -0.480 e. The Morgan fingerprint density at radius 3 is 2.88 bits per heavy atom. The number of nitrogens with one attached hydrogen (secondary N) is 2. The van der Waals surface area contributed by atoms with Crippen molar-refractivity contribution < 1.29 is 19.1 Å². The molecular weight excluding hydrogens is 334 g/mol. The van der Waals surface area contributed by atoms with Gasteiger partial charge >= 0.3 is 5.97 Å². The lowest BCUT2D eigenvalue weighted by Gasteiger charge is -2.32. The number of aliphatic carboxylic acids is 1. The molecule has 7 heteroatoms. The summed E-state index contributed by atoms with van der Waals surface area (Å²) in [5.41, 5.74) is 3.11. The van der Waals surface area contributed by atoms with E-state index in [2.05, 4.69) is 10.3 Å². The van der Waals surface area contributed by atoms with Crippen LogP contribution < -0.4 is 5.32 Å². The molecule has 4 rings (SSSR count). The van der Waals surface area contributed by atoms with Crippen LogP contribution in [0.5, 0.6) is 0 Å². The first kappa shape index (κ1) is 16.4. The number of amides is 1. The Kier molecular flexibility index (Phi) is 4.00. The Labute approximate surface area is 149 Å². The van der Waals surface area contributed by atoms with Crippen molar-refractivity contribution in [2.75, 3.05) is 7.05 Å². The van der Waals surface area contributed by atoms with Crippen molar-refractivity contribution in [2.45, 2.75) is 25.6 Å². The molecule has 0 unspecified atom stereocenters. The number of carbonyl (C=O) groups excluding carboxylic acids is 1. The zero-order valence-corrected chi connectivity index (χ0v) is 14.3. The lowest BCUT2D eigenvalue weighted by molar-refractivity contribution is -0.144. The highest BCUT2D eigenvalue weighted by molar-refractivity contribution is 5.91. The fraction of sp³-hybridized carbons (Fsp3) is 0.263. The van der Waals surface area contributed by atoms with Crippen molar-refractivity contribution in [3.05, 3.63) is 59.2 Å². The highest BCUT2D eigenvalue weighted by Crippen LogP contribution is 2.31. The van der Waals surface area contributed by atoms with Gasteiger partial charge in [0.05, 0.1) is 6.54 Å². The molecule has 2 aromatic heterocycles. The summed E-state index contributed by atoms with van der Waals surface area (Å²) in [4.78, 5) is 28.7. The third-order valence-corrected chi connectivity index (χ3v) is 4.86. The third kappa shape index (κ3) is 2.76. The monoisotopic (exact) mass is 353 g/mol. The molecule has 0 bridgehead atoms. The lowest BCUT2D eigenvalue weighted by Crippen LogP contribution is -2.44. The number of hydrogen-bond acceptors (Lipinski definition) is 4. The molecule has 1 atom stereocenters. The van der Waals surface area contributed by atoms with Crippen LogP contribution in [-0.4, -0.2) is 40.0 Å². The van der Waals surface area contributed by atoms with E-state index < -0.39 is 12.0 Å². The van der Waals surface area contributed by atoms with Gasteiger partial charge in [-0.05, 0) is 23.8 Å². The van der Waals surface area contributed by atoms with Gasteiger partial charge in [-0.15, -0.1) is 0 Å². The quantitative estimate of drug-likeness (QED) is 0.667. The average Bonchev–Trinajstić information content (AvgIpc) is 3.24. The average molecular weight is 353 g/mol. The van der Waals surface area contributed by atoms with Crippen molar-refractivity contribution in [3.8, 4) is 0 Å². The number of aromatic nitrogens is 1. The smallest absolute Gasteiger partial charge is 0.321 e. The van der Waals surface area contributed by atoms with Crippen LogP contribution >= 0.6 is 0 Å². The molecule has 1 aliphatic rings. The standard InChI is InChI=1S/C19H19N3O4/c1-20-18(23)17-7-6-11(26-17)9-22-10-15-13(8-16(22)19(24)25)12-4-2-3-5-14(12)21-15/h2-7,16,21H,8-10H2,1H3,(H,20,23)(H,24,25)/t16-/m0/s1. The van der Waals surface area contributed by atoms with Crippen LogP contribution in [0.25, 0.3) is 10.9 Å². The van der Waals surface area contributed by atoms with Gasteiger partial charge in [-0.25, -0.2) is 0 Å². The molecule has 0 fully saturated rings. The fourth-order valence-corrected chi connectivity index (χ4v) is 3.58. The fourth-order valence-electron chi connectivity index (χ4n) is 3.58. The van der Waals surface area contributed by atoms with Crippen molar-refractivity contribution in [2.24, 2.45) is 0 Å². The van der Waals surface area contributed by atoms with Crippen LogP contribution in [0.4, 0.5) is 0 Å². The molecule has 3 heterocycles. The number of hydrogen-bond donors (Lipinski definition) is 3. The summed E-state index contributed by atoms with van der Waals surface area (Å²) in [6.45, 7) is 0.805. The Hall–Kier alpha value is -3.06. The molecule has 3 N–H and O–H groups in total. The maximum Gasteiger partial charge on any atom is 0.321 e. The molecule has 0 spiro atoms. The molecule has 0 radical (unpaired) electrons. The van der Waals surface area contributed by atoms with E-state index in [0.29, 0.717) is 25.3 Å². The van der Waals surface area contributed by atoms with Crippen LogP contribution in [0.3, 0.4) is 0 Å². The summed E-state index contributed by atoms with van der Waals surface area (Å²) in [7, 11) is 1.53. The molecule has 1 aromatic carbocycles. The number of carbonyl (C=O) groups is 2. The first-order valence-electron chi connectivity index (χ1n) is 8.43. The number of aromatic amines is 1. The van der Waals surface area contributed by atoms with Crippen LogP contribution in [0.15, 0.2) is 40.8 Å². The van der Waals surface area contributed by atoms with Gasteiger partial charge in [-0.3, -0.25) is 14.5 Å². The lowest BCUT2D eigenvalue weighted by atomic mass is 9.96. The Bertz CT molecular complexity index is 988. The van der Waals surface area contributed by atoms with Crippen molar-refractivity contribution in [3.63, 3.8) is 0 Å². The van der Waals surface area contributed by atoms with Crippen LogP contribution in [0.2, 0.25) is 0 Å². The van der Waals surface area contributed by atoms with E-state index in [1.807, 2.05) is 29.2 Å². The second-order valence-electron chi connectivity index (χ2n) is 6.44.